The first-order valence-electron chi connectivity index (χ1n) is 5.34. The Balaban J connectivity index is 3.08. The van der Waals surface area contributed by atoms with Crippen LogP contribution in [0.15, 0.2) is 0 Å². The van der Waals surface area contributed by atoms with Gasteiger partial charge in [0, 0.05) is 6.42 Å². The number of likely N-dealkylation sites (tertiary alicyclic amines) is 1. The zero-order valence-corrected chi connectivity index (χ0v) is 10.9. The molecule has 2 amide bonds. The topological polar surface area (TPSA) is 63.4 Å². The van der Waals surface area contributed by atoms with Crippen molar-refractivity contribution in [3.63, 3.8) is 0 Å². The van der Waals surface area contributed by atoms with E-state index in [4.69, 9.17) is 18.0 Å². The van der Waals surface area contributed by atoms with E-state index < -0.39 is 11.5 Å². The number of imide groups is 1. The van der Waals surface area contributed by atoms with Crippen LogP contribution in [-0.2, 0) is 9.59 Å². The van der Waals surface area contributed by atoms with Gasteiger partial charge in [-0.25, -0.2) is 0 Å². The Kier molecular flexibility index (Phi) is 3.38. The normalized spacial score (nSPS) is 21.7. The molecule has 0 aliphatic carbocycles. The van der Waals surface area contributed by atoms with Crippen LogP contribution in [0.3, 0.4) is 0 Å². The van der Waals surface area contributed by atoms with Gasteiger partial charge in [0.25, 0.3) is 0 Å². The number of rotatable bonds is 3. The standard InChI is InChI=1S/C11H18N2O2S/c1-6(2)8(9(12)16)13-7(14)5-11(3,4)10(13)15/h6,8H,5H2,1-4H3,(H2,12,16). The van der Waals surface area contributed by atoms with Crippen LogP contribution in [0.4, 0.5) is 0 Å². The average Bonchev–Trinajstić information content (AvgIpc) is 2.26. The molecule has 0 bridgehead atoms. The van der Waals surface area contributed by atoms with Crippen LogP contribution < -0.4 is 5.73 Å². The highest BCUT2D eigenvalue weighted by Gasteiger charge is 2.48. The van der Waals surface area contributed by atoms with E-state index >= 15 is 0 Å². The Hall–Kier alpha value is -0.970. The van der Waals surface area contributed by atoms with Crippen molar-refractivity contribution < 1.29 is 9.59 Å². The second kappa shape index (κ2) is 4.13. The lowest BCUT2D eigenvalue weighted by Crippen LogP contribution is -2.50. The molecule has 0 aromatic heterocycles. The maximum absolute atomic E-state index is 12.1. The molecule has 1 saturated heterocycles. The smallest absolute Gasteiger partial charge is 0.236 e. The van der Waals surface area contributed by atoms with Crippen molar-refractivity contribution in [1.29, 1.82) is 0 Å². The van der Waals surface area contributed by atoms with E-state index in [2.05, 4.69) is 0 Å². The molecule has 0 radical (unpaired) electrons. The summed E-state index contributed by atoms with van der Waals surface area (Å²) in [5.41, 5.74) is 4.99. The summed E-state index contributed by atoms with van der Waals surface area (Å²) < 4.78 is 0. The monoisotopic (exact) mass is 242 g/mol. The van der Waals surface area contributed by atoms with Crippen molar-refractivity contribution in [3.8, 4) is 0 Å². The minimum absolute atomic E-state index is 0.0410. The first-order chi connectivity index (χ1) is 7.18. The fraction of sp³-hybridized carbons (Fsp3) is 0.727. The van der Waals surface area contributed by atoms with E-state index in [9.17, 15) is 9.59 Å². The minimum Gasteiger partial charge on any atom is -0.392 e. The molecule has 1 unspecified atom stereocenters. The Bertz CT molecular complexity index is 350. The molecule has 0 spiro atoms. The highest BCUT2D eigenvalue weighted by Crippen LogP contribution is 2.34. The van der Waals surface area contributed by atoms with Crippen molar-refractivity contribution in [1.82, 2.24) is 4.90 Å². The molecule has 90 valence electrons. The van der Waals surface area contributed by atoms with Gasteiger partial charge >= 0.3 is 0 Å². The minimum atomic E-state index is -0.630. The van der Waals surface area contributed by atoms with Crippen LogP contribution in [0.1, 0.15) is 34.1 Å². The average molecular weight is 242 g/mol. The predicted molar refractivity (Wildman–Crippen MR) is 65.7 cm³/mol. The fourth-order valence-corrected chi connectivity index (χ4v) is 2.39. The lowest BCUT2D eigenvalue weighted by molar-refractivity contribution is -0.142. The maximum atomic E-state index is 12.1. The SMILES string of the molecule is CC(C)C(C(N)=S)N1C(=O)CC(C)(C)C1=O. The van der Waals surface area contributed by atoms with Crippen molar-refractivity contribution >= 4 is 29.0 Å². The number of thiocarbonyl (C=S) groups is 1. The summed E-state index contributed by atoms with van der Waals surface area (Å²) in [5, 5.41) is 0. The molecule has 1 heterocycles. The fourth-order valence-electron chi connectivity index (χ4n) is 2.01. The van der Waals surface area contributed by atoms with E-state index in [1.54, 1.807) is 13.8 Å². The van der Waals surface area contributed by atoms with Crippen LogP contribution in [0, 0.1) is 11.3 Å². The summed E-state index contributed by atoms with van der Waals surface area (Å²) in [5.74, 6) is -0.315. The van der Waals surface area contributed by atoms with Crippen LogP contribution in [0.5, 0.6) is 0 Å². The molecule has 1 fully saturated rings. The van der Waals surface area contributed by atoms with Crippen LogP contribution in [0.2, 0.25) is 0 Å². The van der Waals surface area contributed by atoms with Crippen molar-refractivity contribution in [2.75, 3.05) is 0 Å². The zero-order valence-electron chi connectivity index (χ0n) is 10.1. The summed E-state index contributed by atoms with van der Waals surface area (Å²) in [7, 11) is 0. The van der Waals surface area contributed by atoms with Gasteiger partial charge in [0.15, 0.2) is 0 Å². The zero-order chi connectivity index (χ0) is 12.7. The summed E-state index contributed by atoms with van der Waals surface area (Å²) in [4.78, 5) is 25.4. The third kappa shape index (κ3) is 2.09. The predicted octanol–water partition coefficient (Wildman–Crippen LogP) is 1.08. The third-order valence-corrected chi connectivity index (χ3v) is 3.10. The van der Waals surface area contributed by atoms with Crippen LogP contribution >= 0.6 is 12.2 Å². The molecule has 0 saturated carbocycles. The van der Waals surface area contributed by atoms with Gasteiger partial charge in [-0.15, -0.1) is 0 Å². The molecule has 1 rings (SSSR count). The molecular formula is C11H18N2O2S. The van der Waals surface area contributed by atoms with Gasteiger partial charge < -0.3 is 5.73 Å². The number of amides is 2. The second-order valence-electron chi connectivity index (χ2n) is 5.22. The van der Waals surface area contributed by atoms with Crippen molar-refractivity contribution in [2.45, 2.75) is 40.2 Å². The number of nitrogens with two attached hydrogens (primary N) is 1. The lowest BCUT2D eigenvalue weighted by Gasteiger charge is -2.29. The van der Waals surface area contributed by atoms with Gasteiger partial charge in [-0.1, -0.05) is 39.9 Å². The molecule has 5 heteroatoms. The Morgan fingerprint density at radius 1 is 1.44 bits per heavy atom. The molecule has 16 heavy (non-hydrogen) atoms. The quantitative estimate of drug-likeness (QED) is 0.594. The molecule has 4 nitrogen and oxygen atoms in total. The first-order valence-corrected chi connectivity index (χ1v) is 5.75. The summed E-state index contributed by atoms with van der Waals surface area (Å²) in [6, 6.07) is -0.461. The number of carbonyl (C=O) groups excluding carboxylic acids is 2. The van der Waals surface area contributed by atoms with Gasteiger partial charge in [0.2, 0.25) is 11.8 Å². The van der Waals surface area contributed by atoms with E-state index in [1.807, 2.05) is 13.8 Å². The number of nitrogens with zero attached hydrogens (tertiary/aromatic N) is 1. The van der Waals surface area contributed by atoms with Crippen LogP contribution in [0.25, 0.3) is 0 Å². The number of carbonyl (C=O) groups is 2. The first kappa shape index (κ1) is 13.1. The summed E-state index contributed by atoms with van der Waals surface area (Å²) >= 11 is 4.94. The van der Waals surface area contributed by atoms with Gasteiger partial charge in [-0.2, -0.15) is 0 Å². The van der Waals surface area contributed by atoms with Gasteiger partial charge in [0.05, 0.1) is 16.4 Å². The van der Waals surface area contributed by atoms with Crippen molar-refractivity contribution in [3.05, 3.63) is 0 Å². The molecular weight excluding hydrogens is 224 g/mol. The number of hydrogen-bond donors (Lipinski definition) is 1. The van der Waals surface area contributed by atoms with E-state index in [0.29, 0.717) is 0 Å². The second-order valence-corrected chi connectivity index (χ2v) is 5.69. The number of hydrogen-bond acceptors (Lipinski definition) is 3. The highest BCUT2D eigenvalue weighted by molar-refractivity contribution is 7.80. The molecule has 1 atom stereocenters. The van der Waals surface area contributed by atoms with Gasteiger partial charge in [-0.3, -0.25) is 14.5 Å². The van der Waals surface area contributed by atoms with Crippen LogP contribution in [-0.4, -0.2) is 27.7 Å². The van der Waals surface area contributed by atoms with Gasteiger partial charge in [-0.05, 0) is 5.92 Å². The van der Waals surface area contributed by atoms with Crippen molar-refractivity contribution in [2.24, 2.45) is 17.1 Å². The molecule has 1 aliphatic rings. The van der Waals surface area contributed by atoms with E-state index in [-0.39, 0.29) is 29.1 Å². The molecule has 0 aromatic rings. The largest absolute Gasteiger partial charge is 0.392 e. The maximum Gasteiger partial charge on any atom is 0.236 e. The highest BCUT2D eigenvalue weighted by atomic mass is 32.1. The molecule has 0 aromatic carbocycles. The Morgan fingerprint density at radius 3 is 2.19 bits per heavy atom. The van der Waals surface area contributed by atoms with E-state index in [1.165, 1.54) is 4.90 Å². The summed E-state index contributed by atoms with van der Waals surface area (Å²) in [6.45, 7) is 7.33. The molecule has 2 N–H and O–H groups in total. The molecule has 1 aliphatic heterocycles. The van der Waals surface area contributed by atoms with E-state index in [0.717, 1.165) is 0 Å². The van der Waals surface area contributed by atoms with Gasteiger partial charge in [0.1, 0.15) is 0 Å². The summed E-state index contributed by atoms with van der Waals surface area (Å²) in [6.07, 6.45) is 0.234. The Morgan fingerprint density at radius 2 is 1.94 bits per heavy atom. The lowest BCUT2D eigenvalue weighted by atomic mass is 9.91. The third-order valence-electron chi connectivity index (χ3n) is 2.86. The Labute approximate surface area is 101 Å².